The summed E-state index contributed by atoms with van der Waals surface area (Å²) in [6, 6.07) is 18.7. The highest BCUT2D eigenvalue weighted by Crippen LogP contribution is 2.28. The maximum Gasteiger partial charge on any atom is 0.175 e. The van der Waals surface area contributed by atoms with Gasteiger partial charge in [0.2, 0.25) is 0 Å². The minimum Gasteiger partial charge on any atom is -0.325 e. The van der Waals surface area contributed by atoms with E-state index < -0.39 is 9.84 Å². The van der Waals surface area contributed by atoms with Gasteiger partial charge >= 0.3 is 0 Å². The molecule has 0 spiro atoms. The van der Waals surface area contributed by atoms with E-state index in [9.17, 15) is 8.42 Å². The number of aromatic nitrogens is 5. The number of aryl methyl sites for hydroxylation is 1. The van der Waals surface area contributed by atoms with Gasteiger partial charge in [-0.1, -0.05) is 39.0 Å². The molecule has 0 saturated heterocycles. The van der Waals surface area contributed by atoms with Crippen molar-refractivity contribution in [3.05, 3.63) is 78.8 Å². The van der Waals surface area contributed by atoms with Gasteiger partial charge in [-0.2, -0.15) is 5.10 Å². The third-order valence-corrected chi connectivity index (χ3v) is 7.17. The average Bonchev–Trinajstić information content (AvgIpc) is 3.42. The van der Waals surface area contributed by atoms with Gasteiger partial charge in [-0.05, 0) is 47.5 Å². The fraction of sp³-hybridized carbons (Fsp3) is 0.222. The quantitative estimate of drug-likeness (QED) is 0.355. The van der Waals surface area contributed by atoms with Crippen molar-refractivity contribution in [2.45, 2.75) is 31.1 Å². The lowest BCUT2D eigenvalue weighted by molar-refractivity contribution is 0.553. The van der Waals surface area contributed by atoms with Gasteiger partial charge in [-0.15, -0.1) is 0 Å². The van der Waals surface area contributed by atoms with Crippen LogP contribution in [0.1, 0.15) is 26.5 Å². The molecule has 0 aliphatic rings. The Labute approximate surface area is 210 Å². The monoisotopic (exact) mass is 500 g/mol. The number of sulfone groups is 1. The number of imidazole rings is 1. The van der Waals surface area contributed by atoms with Crippen LogP contribution in [0.3, 0.4) is 0 Å². The predicted octanol–water partition coefficient (Wildman–Crippen LogP) is 5.24. The van der Waals surface area contributed by atoms with Crippen molar-refractivity contribution in [1.82, 2.24) is 24.1 Å². The van der Waals surface area contributed by atoms with Gasteiger partial charge in [0.25, 0.3) is 0 Å². The molecule has 5 aromatic rings. The molecule has 4 heterocycles. The van der Waals surface area contributed by atoms with E-state index in [4.69, 9.17) is 4.98 Å². The van der Waals surface area contributed by atoms with Crippen molar-refractivity contribution < 1.29 is 8.42 Å². The molecule has 184 valence electrons. The molecule has 0 bridgehead atoms. The smallest absolute Gasteiger partial charge is 0.175 e. The third-order valence-electron chi connectivity index (χ3n) is 6.04. The van der Waals surface area contributed by atoms with E-state index in [1.807, 2.05) is 70.9 Å². The molecule has 36 heavy (non-hydrogen) atoms. The topological polar surface area (TPSA) is 94.2 Å². The number of benzene rings is 1. The van der Waals surface area contributed by atoms with Crippen molar-refractivity contribution in [3.8, 4) is 22.5 Å². The van der Waals surface area contributed by atoms with Crippen LogP contribution in [0.15, 0.2) is 78.0 Å². The Morgan fingerprint density at radius 3 is 2.36 bits per heavy atom. The fourth-order valence-corrected chi connectivity index (χ4v) is 4.60. The van der Waals surface area contributed by atoms with E-state index in [2.05, 4.69) is 36.2 Å². The number of anilines is 2. The van der Waals surface area contributed by atoms with Gasteiger partial charge in [-0.25, -0.2) is 18.4 Å². The Balaban J connectivity index is 1.44. The van der Waals surface area contributed by atoms with E-state index in [1.54, 1.807) is 18.3 Å². The lowest BCUT2D eigenvalue weighted by atomic mass is 9.92. The molecule has 0 aliphatic heterocycles. The van der Waals surface area contributed by atoms with Crippen molar-refractivity contribution >= 4 is 27.1 Å². The summed E-state index contributed by atoms with van der Waals surface area (Å²) in [6.45, 7) is 6.41. The maximum absolute atomic E-state index is 11.7. The summed E-state index contributed by atoms with van der Waals surface area (Å²) in [4.78, 5) is 9.71. The number of rotatable bonds is 5. The summed E-state index contributed by atoms with van der Waals surface area (Å²) >= 11 is 0. The first-order valence-corrected chi connectivity index (χ1v) is 13.4. The normalized spacial score (nSPS) is 12.2. The zero-order valence-corrected chi connectivity index (χ0v) is 21.7. The van der Waals surface area contributed by atoms with Crippen LogP contribution >= 0.6 is 0 Å². The van der Waals surface area contributed by atoms with Crippen LogP contribution in [0, 0.1) is 0 Å². The van der Waals surface area contributed by atoms with Crippen LogP contribution in [0.4, 0.5) is 11.6 Å². The summed E-state index contributed by atoms with van der Waals surface area (Å²) < 4.78 is 27.3. The second-order valence-electron chi connectivity index (χ2n) is 9.91. The first kappa shape index (κ1) is 23.7. The van der Waals surface area contributed by atoms with Gasteiger partial charge in [0.15, 0.2) is 9.84 Å². The number of hydrogen-bond acceptors (Lipinski definition) is 6. The highest BCUT2D eigenvalue weighted by molar-refractivity contribution is 7.90. The van der Waals surface area contributed by atoms with Crippen LogP contribution in [0.2, 0.25) is 0 Å². The van der Waals surface area contributed by atoms with Crippen LogP contribution < -0.4 is 5.32 Å². The van der Waals surface area contributed by atoms with Crippen molar-refractivity contribution in [1.29, 1.82) is 0 Å². The molecule has 5 rings (SSSR count). The van der Waals surface area contributed by atoms with Gasteiger partial charge in [0.05, 0.1) is 28.2 Å². The van der Waals surface area contributed by atoms with Crippen LogP contribution in [-0.4, -0.2) is 38.8 Å². The summed E-state index contributed by atoms with van der Waals surface area (Å²) in [7, 11) is -1.31. The van der Waals surface area contributed by atoms with Gasteiger partial charge in [0, 0.05) is 31.0 Å². The molecule has 1 aromatic carbocycles. The number of hydrogen-bond donors (Lipinski definition) is 1. The summed E-state index contributed by atoms with van der Waals surface area (Å²) in [5, 5.41) is 8.00. The minimum atomic E-state index is -3.23. The lowest BCUT2D eigenvalue weighted by Crippen LogP contribution is -2.12. The Morgan fingerprint density at radius 1 is 0.944 bits per heavy atom. The molecule has 0 saturated carbocycles. The highest BCUT2D eigenvalue weighted by Gasteiger charge is 2.19. The molecule has 4 aromatic heterocycles. The van der Waals surface area contributed by atoms with E-state index in [0.717, 1.165) is 39.7 Å². The molecular weight excluding hydrogens is 472 g/mol. The number of nitrogens with one attached hydrogen (secondary N) is 1. The van der Waals surface area contributed by atoms with Crippen molar-refractivity contribution in [2.75, 3.05) is 11.6 Å². The Bertz CT molecular complexity index is 1680. The number of fused-ring (bicyclic) bond motifs is 1. The Kier molecular flexibility index (Phi) is 5.67. The zero-order valence-electron chi connectivity index (χ0n) is 20.9. The van der Waals surface area contributed by atoms with E-state index in [-0.39, 0.29) is 5.41 Å². The fourth-order valence-electron chi connectivity index (χ4n) is 3.97. The van der Waals surface area contributed by atoms with Gasteiger partial charge in [-0.3, -0.25) is 9.08 Å². The van der Waals surface area contributed by atoms with E-state index in [0.29, 0.717) is 10.7 Å². The summed E-state index contributed by atoms with van der Waals surface area (Å²) in [5.74, 6) is 1.59. The molecular formula is C27H28N6O2S. The third kappa shape index (κ3) is 4.61. The average molecular weight is 501 g/mol. The Hall–Kier alpha value is -3.98. The van der Waals surface area contributed by atoms with Crippen LogP contribution in [-0.2, 0) is 22.3 Å². The predicted molar refractivity (Wildman–Crippen MR) is 142 cm³/mol. The molecule has 9 heteroatoms. The van der Waals surface area contributed by atoms with E-state index in [1.165, 1.54) is 6.26 Å². The van der Waals surface area contributed by atoms with E-state index >= 15 is 0 Å². The number of nitrogens with zero attached hydrogens (tertiary/aromatic N) is 5. The summed E-state index contributed by atoms with van der Waals surface area (Å²) in [5.41, 5.74) is 5.27. The highest BCUT2D eigenvalue weighted by atomic mass is 32.2. The summed E-state index contributed by atoms with van der Waals surface area (Å²) in [6.07, 6.45) is 4.97. The zero-order chi connectivity index (χ0) is 25.7. The second-order valence-corrected chi connectivity index (χ2v) is 11.9. The molecule has 0 amide bonds. The first-order chi connectivity index (χ1) is 17.0. The van der Waals surface area contributed by atoms with Crippen LogP contribution in [0.5, 0.6) is 0 Å². The van der Waals surface area contributed by atoms with Crippen molar-refractivity contribution in [2.24, 2.45) is 7.05 Å². The molecule has 0 fully saturated rings. The molecule has 1 N–H and O–H groups in total. The molecule has 0 unspecified atom stereocenters. The van der Waals surface area contributed by atoms with Crippen molar-refractivity contribution in [3.63, 3.8) is 0 Å². The minimum absolute atomic E-state index is 0.0436. The maximum atomic E-state index is 11.7. The molecule has 0 atom stereocenters. The largest absolute Gasteiger partial charge is 0.325 e. The number of pyridine rings is 2. The molecule has 0 radical (unpaired) electrons. The molecule has 0 aliphatic carbocycles. The van der Waals surface area contributed by atoms with Gasteiger partial charge < -0.3 is 5.32 Å². The lowest BCUT2D eigenvalue weighted by Gasteiger charge is -2.13. The molecule has 8 nitrogen and oxygen atoms in total. The standard InChI is InChI=1S/C27H28N6O2S/c1-27(2,3)23-16-26(32(4)31-23)30-24-8-6-7-21(29-24)22-17-28-25-15-19(13-14-33(22)25)18-9-11-20(12-10-18)36(5,34)35/h6-17H,1-5H3,(H,29,30). The van der Waals surface area contributed by atoms with Crippen LogP contribution in [0.25, 0.3) is 28.2 Å². The first-order valence-electron chi connectivity index (χ1n) is 11.6. The Morgan fingerprint density at radius 2 is 1.69 bits per heavy atom. The van der Waals surface area contributed by atoms with Gasteiger partial charge in [0.1, 0.15) is 17.3 Å². The second kappa shape index (κ2) is 8.60. The SMILES string of the molecule is Cn1nc(C(C)(C)C)cc1Nc1cccc(-c2cnc3cc(-c4ccc(S(C)(=O)=O)cc4)ccn23)n1.